The molecule has 1 unspecified atom stereocenters. The number of ether oxygens (including phenoxy) is 1. The summed E-state index contributed by atoms with van der Waals surface area (Å²) in [6.07, 6.45) is 0. The summed E-state index contributed by atoms with van der Waals surface area (Å²) in [6, 6.07) is 25.1. The van der Waals surface area contributed by atoms with Crippen LogP contribution in [-0.4, -0.2) is 6.54 Å². The Morgan fingerprint density at radius 1 is 0.783 bits per heavy atom. The van der Waals surface area contributed by atoms with Crippen LogP contribution in [-0.2, 0) is 6.61 Å². The number of rotatable bonds is 4. The van der Waals surface area contributed by atoms with Gasteiger partial charge in [-0.25, -0.2) is 0 Å². The molecule has 2 N–H and O–H groups in total. The maximum atomic E-state index is 6.04. The molecule has 0 saturated heterocycles. The van der Waals surface area contributed by atoms with Gasteiger partial charge in [-0.2, -0.15) is 0 Å². The highest BCUT2D eigenvalue weighted by Crippen LogP contribution is 2.45. The molecule has 0 radical (unpaired) electrons. The number of hydrogen-bond donors (Lipinski definition) is 1. The summed E-state index contributed by atoms with van der Waals surface area (Å²) in [4.78, 5) is 0. The van der Waals surface area contributed by atoms with Gasteiger partial charge in [0.1, 0.15) is 12.4 Å². The molecule has 0 aromatic heterocycles. The molecule has 0 aliphatic heterocycles. The predicted octanol–water partition coefficient (Wildman–Crippen LogP) is 4.34. The topological polar surface area (TPSA) is 35.2 Å². The average Bonchev–Trinajstić information content (AvgIpc) is 2.94. The van der Waals surface area contributed by atoms with Crippen molar-refractivity contribution in [3.63, 3.8) is 0 Å². The molecule has 4 rings (SSSR count). The average molecular weight is 301 g/mol. The van der Waals surface area contributed by atoms with Gasteiger partial charge in [0.05, 0.1) is 0 Å². The number of benzene rings is 3. The summed E-state index contributed by atoms with van der Waals surface area (Å²) < 4.78 is 5.97. The van der Waals surface area contributed by atoms with Crippen molar-refractivity contribution in [2.75, 3.05) is 6.54 Å². The SMILES string of the molecule is NCC1c2ccccc2-c2ccc(OCc3ccccc3)cc21. The zero-order chi connectivity index (χ0) is 15.6. The summed E-state index contributed by atoms with van der Waals surface area (Å²) in [6.45, 7) is 1.20. The van der Waals surface area contributed by atoms with Crippen LogP contribution in [0.15, 0.2) is 72.8 Å². The fraction of sp³-hybridized carbons (Fsp3) is 0.143. The number of hydrogen-bond acceptors (Lipinski definition) is 2. The third kappa shape index (κ3) is 2.51. The summed E-state index contributed by atoms with van der Waals surface area (Å²) in [7, 11) is 0. The third-order valence-corrected chi connectivity index (χ3v) is 4.51. The van der Waals surface area contributed by atoms with Crippen molar-refractivity contribution in [1.29, 1.82) is 0 Å². The van der Waals surface area contributed by atoms with Gasteiger partial charge in [-0.3, -0.25) is 0 Å². The molecule has 3 aromatic carbocycles. The highest BCUT2D eigenvalue weighted by molar-refractivity contribution is 5.79. The van der Waals surface area contributed by atoms with Gasteiger partial charge >= 0.3 is 0 Å². The van der Waals surface area contributed by atoms with Gasteiger partial charge in [-0.15, -0.1) is 0 Å². The molecule has 0 heterocycles. The largest absolute Gasteiger partial charge is 0.489 e. The van der Waals surface area contributed by atoms with E-state index in [9.17, 15) is 0 Å². The number of nitrogens with two attached hydrogens (primary N) is 1. The van der Waals surface area contributed by atoms with Gasteiger partial charge in [0.25, 0.3) is 0 Å². The normalized spacial score (nSPS) is 15.1. The lowest BCUT2D eigenvalue weighted by molar-refractivity contribution is 0.306. The molecule has 23 heavy (non-hydrogen) atoms. The molecule has 3 aromatic rings. The molecule has 0 spiro atoms. The van der Waals surface area contributed by atoms with E-state index in [0.717, 1.165) is 5.75 Å². The van der Waals surface area contributed by atoms with Gasteiger partial charge in [0.15, 0.2) is 0 Å². The van der Waals surface area contributed by atoms with Crippen molar-refractivity contribution in [2.24, 2.45) is 5.73 Å². The number of fused-ring (bicyclic) bond motifs is 3. The van der Waals surface area contributed by atoms with Gasteiger partial charge in [-0.1, -0.05) is 60.7 Å². The molecule has 114 valence electrons. The van der Waals surface area contributed by atoms with Crippen molar-refractivity contribution < 1.29 is 4.74 Å². The van der Waals surface area contributed by atoms with Crippen molar-refractivity contribution in [3.8, 4) is 16.9 Å². The van der Waals surface area contributed by atoms with Gasteiger partial charge in [-0.05, 0) is 39.9 Å². The van der Waals surface area contributed by atoms with Gasteiger partial charge in [0.2, 0.25) is 0 Å². The zero-order valence-corrected chi connectivity index (χ0v) is 12.9. The van der Waals surface area contributed by atoms with E-state index in [4.69, 9.17) is 10.5 Å². The first-order chi connectivity index (χ1) is 11.4. The molecule has 0 amide bonds. The molecule has 0 bridgehead atoms. The summed E-state index contributed by atoms with van der Waals surface area (Å²) in [5.74, 6) is 1.17. The Morgan fingerprint density at radius 2 is 1.52 bits per heavy atom. The second kappa shape index (κ2) is 5.90. The molecular weight excluding hydrogens is 282 g/mol. The van der Waals surface area contributed by atoms with Crippen molar-refractivity contribution >= 4 is 0 Å². The molecule has 0 fully saturated rings. The van der Waals surface area contributed by atoms with Gasteiger partial charge < -0.3 is 10.5 Å². The Hall–Kier alpha value is -2.58. The quantitative estimate of drug-likeness (QED) is 0.778. The minimum absolute atomic E-state index is 0.265. The van der Waals surface area contributed by atoms with E-state index in [-0.39, 0.29) is 5.92 Å². The highest BCUT2D eigenvalue weighted by atomic mass is 16.5. The van der Waals surface area contributed by atoms with Crippen LogP contribution in [0.4, 0.5) is 0 Å². The van der Waals surface area contributed by atoms with Crippen LogP contribution in [0.3, 0.4) is 0 Å². The molecule has 1 atom stereocenters. The van der Waals surface area contributed by atoms with E-state index in [1.54, 1.807) is 0 Å². The summed E-state index contributed by atoms with van der Waals surface area (Å²) >= 11 is 0. The van der Waals surface area contributed by atoms with Crippen molar-refractivity contribution in [1.82, 2.24) is 0 Å². The Balaban J connectivity index is 1.63. The minimum atomic E-state index is 0.265. The lowest BCUT2D eigenvalue weighted by atomic mass is 9.97. The maximum absolute atomic E-state index is 6.04. The van der Waals surface area contributed by atoms with E-state index >= 15 is 0 Å². The molecular formula is C21H19NO. The van der Waals surface area contributed by atoms with Gasteiger partial charge in [0, 0.05) is 12.5 Å². The lowest BCUT2D eigenvalue weighted by Crippen LogP contribution is -2.11. The highest BCUT2D eigenvalue weighted by Gasteiger charge is 2.27. The first-order valence-corrected chi connectivity index (χ1v) is 7.97. The second-order valence-corrected chi connectivity index (χ2v) is 5.90. The molecule has 1 aliphatic rings. The van der Waals surface area contributed by atoms with Crippen LogP contribution in [0.2, 0.25) is 0 Å². The van der Waals surface area contributed by atoms with E-state index in [1.807, 2.05) is 18.2 Å². The predicted molar refractivity (Wildman–Crippen MR) is 93.5 cm³/mol. The molecule has 0 saturated carbocycles. The van der Waals surface area contributed by atoms with Crippen LogP contribution in [0.1, 0.15) is 22.6 Å². The molecule has 2 heteroatoms. The van der Waals surface area contributed by atoms with Crippen molar-refractivity contribution in [3.05, 3.63) is 89.5 Å². The summed E-state index contributed by atoms with van der Waals surface area (Å²) in [5, 5.41) is 0. The summed E-state index contributed by atoms with van der Waals surface area (Å²) in [5.41, 5.74) is 12.4. The van der Waals surface area contributed by atoms with Crippen LogP contribution >= 0.6 is 0 Å². The van der Waals surface area contributed by atoms with E-state index in [1.165, 1.54) is 27.8 Å². The van der Waals surface area contributed by atoms with E-state index < -0.39 is 0 Å². The molecule has 2 nitrogen and oxygen atoms in total. The molecule has 1 aliphatic carbocycles. The fourth-order valence-corrected chi connectivity index (χ4v) is 3.37. The smallest absolute Gasteiger partial charge is 0.120 e. The van der Waals surface area contributed by atoms with Crippen LogP contribution in [0.25, 0.3) is 11.1 Å². The first-order valence-electron chi connectivity index (χ1n) is 7.97. The Bertz CT molecular complexity index is 826. The lowest BCUT2D eigenvalue weighted by Gasteiger charge is -2.12. The first kappa shape index (κ1) is 14.0. The Kier molecular flexibility index (Phi) is 3.60. The maximum Gasteiger partial charge on any atom is 0.120 e. The van der Waals surface area contributed by atoms with Crippen LogP contribution < -0.4 is 10.5 Å². The van der Waals surface area contributed by atoms with Crippen molar-refractivity contribution in [2.45, 2.75) is 12.5 Å². The van der Waals surface area contributed by atoms with Crippen LogP contribution in [0.5, 0.6) is 5.75 Å². The fourth-order valence-electron chi connectivity index (χ4n) is 3.37. The Morgan fingerprint density at radius 3 is 2.35 bits per heavy atom. The third-order valence-electron chi connectivity index (χ3n) is 4.51. The standard InChI is InChI=1S/C21H19NO/c22-13-21-18-9-5-4-8-17(18)19-11-10-16(12-20(19)21)23-14-15-6-2-1-3-7-15/h1-12,21H,13-14,22H2. The zero-order valence-electron chi connectivity index (χ0n) is 12.9. The minimum Gasteiger partial charge on any atom is -0.489 e. The Labute approximate surface area is 136 Å². The monoisotopic (exact) mass is 301 g/mol. The van der Waals surface area contributed by atoms with Crippen LogP contribution in [0, 0.1) is 0 Å². The second-order valence-electron chi connectivity index (χ2n) is 5.90. The van der Waals surface area contributed by atoms with E-state index in [0.29, 0.717) is 13.2 Å². The van der Waals surface area contributed by atoms with E-state index in [2.05, 4.69) is 54.6 Å².